The molecule has 0 unspecified atom stereocenters. The lowest BCUT2D eigenvalue weighted by Crippen LogP contribution is -2.31. The first-order valence-corrected chi connectivity index (χ1v) is 11.5. The second-order valence-electron chi connectivity index (χ2n) is 7.79. The van der Waals surface area contributed by atoms with Gasteiger partial charge in [-0.2, -0.15) is 4.98 Å². The van der Waals surface area contributed by atoms with Gasteiger partial charge in [-0.25, -0.2) is 9.07 Å². The summed E-state index contributed by atoms with van der Waals surface area (Å²) in [5.74, 6) is 0.949. The van der Waals surface area contributed by atoms with E-state index in [1.165, 1.54) is 23.9 Å². The van der Waals surface area contributed by atoms with E-state index in [9.17, 15) is 9.18 Å². The van der Waals surface area contributed by atoms with Gasteiger partial charge in [0, 0.05) is 28.5 Å². The normalized spacial score (nSPS) is 17.9. The van der Waals surface area contributed by atoms with Crippen LogP contribution in [0.15, 0.2) is 58.9 Å². The van der Waals surface area contributed by atoms with Gasteiger partial charge in [0.1, 0.15) is 11.9 Å². The highest BCUT2D eigenvalue weighted by Crippen LogP contribution is 2.40. The minimum Gasteiger partial charge on any atom is -0.328 e. The molecule has 5 rings (SSSR count). The van der Waals surface area contributed by atoms with Crippen LogP contribution in [0.4, 0.5) is 10.3 Å². The fourth-order valence-corrected chi connectivity index (χ4v) is 5.18. The van der Waals surface area contributed by atoms with Crippen molar-refractivity contribution in [2.24, 2.45) is 0 Å². The first-order chi connectivity index (χ1) is 15.0. The van der Waals surface area contributed by atoms with Crippen LogP contribution in [0.1, 0.15) is 42.0 Å². The highest BCUT2D eigenvalue weighted by Gasteiger charge is 2.36. The quantitative estimate of drug-likeness (QED) is 0.513. The average molecular weight is 455 g/mol. The van der Waals surface area contributed by atoms with E-state index in [1.54, 1.807) is 10.7 Å². The molecule has 158 valence electrons. The molecule has 5 nitrogen and oxygen atoms in total. The third kappa shape index (κ3) is 3.88. The molecule has 2 aromatic carbocycles. The van der Waals surface area contributed by atoms with Crippen LogP contribution < -0.4 is 5.32 Å². The Bertz CT molecular complexity index is 1200. The minimum absolute atomic E-state index is 0.160. The SMILES string of the molecule is Cc1ccc([C@@H]2C3=C(CCCC3=O)Nc3nc(SCc4ccc(F)cc4Cl)nn32)cc1. The van der Waals surface area contributed by atoms with Gasteiger partial charge in [-0.3, -0.25) is 4.79 Å². The van der Waals surface area contributed by atoms with E-state index >= 15 is 0 Å². The van der Waals surface area contributed by atoms with Crippen molar-refractivity contribution in [2.45, 2.75) is 43.1 Å². The summed E-state index contributed by atoms with van der Waals surface area (Å²) in [5.41, 5.74) is 4.72. The van der Waals surface area contributed by atoms with Crippen LogP contribution in [0.2, 0.25) is 5.02 Å². The van der Waals surface area contributed by atoms with E-state index in [2.05, 4.69) is 10.3 Å². The second-order valence-corrected chi connectivity index (χ2v) is 9.14. The molecular formula is C23H20ClFN4OS. The molecule has 1 aliphatic heterocycles. The molecule has 1 aromatic heterocycles. The molecule has 2 aliphatic rings. The van der Waals surface area contributed by atoms with Crippen molar-refractivity contribution in [3.05, 3.63) is 81.3 Å². The van der Waals surface area contributed by atoms with Crippen LogP contribution in [0.5, 0.6) is 0 Å². The maximum Gasteiger partial charge on any atom is 0.227 e. The summed E-state index contributed by atoms with van der Waals surface area (Å²) in [6.45, 7) is 2.04. The van der Waals surface area contributed by atoms with Crippen molar-refractivity contribution in [3.8, 4) is 0 Å². The van der Waals surface area contributed by atoms with Crippen LogP contribution in [-0.4, -0.2) is 20.5 Å². The summed E-state index contributed by atoms with van der Waals surface area (Å²) in [5, 5.41) is 9.02. The van der Waals surface area contributed by atoms with Crippen molar-refractivity contribution in [1.29, 1.82) is 0 Å². The first-order valence-electron chi connectivity index (χ1n) is 10.1. The van der Waals surface area contributed by atoms with Crippen LogP contribution in [-0.2, 0) is 10.5 Å². The summed E-state index contributed by atoms with van der Waals surface area (Å²) >= 11 is 7.58. The molecule has 1 N–H and O–H groups in total. The number of ketones is 1. The van der Waals surface area contributed by atoms with Crippen molar-refractivity contribution < 1.29 is 9.18 Å². The zero-order valence-electron chi connectivity index (χ0n) is 16.9. The lowest BCUT2D eigenvalue weighted by molar-refractivity contribution is -0.116. The van der Waals surface area contributed by atoms with Crippen molar-refractivity contribution in [3.63, 3.8) is 0 Å². The number of nitrogens with zero attached hydrogens (tertiary/aromatic N) is 3. The predicted octanol–water partition coefficient (Wildman–Crippen LogP) is 5.69. The highest BCUT2D eigenvalue weighted by molar-refractivity contribution is 7.98. The lowest BCUT2D eigenvalue weighted by atomic mass is 9.85. The first kappa shape index (κ1) is 20.3. The van der Waals surface area contributed by atoms with Gasteiger partial charge in [0.15, 0.2) is 5.78 Å². The van der Waals surface area contributed by atoms with E-state index in [0.717, 1.165) is 40.8 Å². The number of carbonyl (C=O) groups excluding carboxylic acids is 1. The van der Waals surface area contributed by atoms with Crippen molar-refractivity contribution >= 4 is 35.1 Å². The number of fused-ring (bicyclic) bond motifs is 1. The number of hydrogen-bond donors (Lipinski definition) is 1. The number of hydrogen-bond acceptors (Lipinski definition) is 5. The van der Waals surface area contributed by atoms with E-state index in [4.69, 9.17) is 16.7 Å². The van der Waals surface area contributed by atoms with Gasteiger partial charge in [0.05, 0.1) is 0 Å². The third-order valence-corrected chi connectivity index (χ3v) is 6.85. The van der Waals surface area contributed by atoms with Crippen molar-refractivity contribution in [2.75, 3.05) is 5.32 Å². The molecule has 31 heavy (non-hydrogen) atoms. The van der Waals surface area contributed by atoms with Gasteiger partial charge in [-0.1, -0.05) is 59.3 Å². The largest absolute Gasteiger partial charge is 0.328 e. The zero-order chi connectivity index (χ0) is 21.5. The van der Waals surface area contributed by atoms with Crippen LogP contribution in [0.25, 0.3) is 0 Å². The van der Waals surface area contributed by atoms with Gasteiger partial charge >= 0.3 is 0 Å². The Morgan fingerprint density at radius 2 is 2.03 bits per heavy atom. The average Bonchev–Trinajstić information content (AvgIpc) is 3.15. The topological polar surface area (TPSA) is 59.8 Å². The monoisotopic (exact) mass is 454 g/mol. The van der Waals surface area contributed by atoms with Gasteiger partial charge in [0.25, 0.3) is 0 Å². The third-order valence-electron chi connectivity index (χ3n) is 5.61. The lowest BCUT2D eigenvalue weighted by Gasteiger charge is -2.32. The molecule has 1 atom stereocenters. The Morgan fingerprint density at radius 1 is 1.23 bits per heavy atom. The number of aromatic nitrogens is 3. The number of aryl methyl sites for hydroxylation is 1. The standard InChI is InChI=1S/C23H20ClFN4OS/c1-13-5-7-14(8-6-13)21-20-18(3-2-4-19(20)30)26-22-27-23(28-29(21)22)31-12-15-9-10-16(25)11-17(15)24/h5-11,21H,2-4,12H2,1H3,(H,26,27,28)/t21-/m1/s1. The molecule has 0 amide bonds. The zero-order valence-corrected chi connectivity index (χ0v) is 18.4. The maximum atomic E-state index is 13.3. The molecular weight excluding hydrogens is 435 g/mol. The summed E-state index contributed by atoms with van der Waals surface area (Å²) in [6.07, 6.45) is 2.21. The number of carbonyl (C=O) groups is 1. The Labute approximate surface area is 188 Å². The van der Waals surface area contributed by atoms with Gasteiger partial charge in [-0.05, 0) is 43.0 Å². The Balaban J connectivity index is 1.49. The number of anilines is 1. The Morgan fingerprint density at radius 3 is 2.81 bits per heavy atom. The summed E-state index contributed by atoms with van der Waals surface area (Å²) in [6, 6.07) is 12.3. The van der Waals surface area contributed by atoms with Crippen LogP contribution in [0, 0.1) is 12.7 Å². The second kappa shape index (κ2) is 8.13. The van der Waals surface area contributed by atoms with E-state index in [0.29, 0.717) is 28.3 Å². The molecule has 0 fully saturated rings. The maximum absolute atomic E-state index is 13.3. The fraction of sp³-hybridized carbons (Fsp3) is 0.261. The van der Waals surface area contributed by atoms with E-state index < -0.39 is 0 Å². The number of halogens is 2. The Hall–Kier alpha value is -2.64. The molecule has 0 saturated carbocycles. The summed E-state index contributed by atoms with van der Waals surface area (Å²) in [7, 11) is 0. The molecule has 0 radical (unpaired) electrons. The number of Topliss-reactive ketones (excluding diaryl/α,β-unsaturated/α-hetero) is 1. The molecule has 1 aliphatic carbocycles. The van der Waals surface area contributed by atoms with Crippen molar-refractivity contribution in [1.82, 2.24) is 14.8 Å². The Kier molecular flexibility index (Phi) is 5.32. The highest BCUT2D eigenvalue weighted by atomic mass is 35.5. The van der Waals surface area contributed by atoms with Gasteiger partial charge in [-0.15, -0.1) is 5.10 Å². The molecule has 0 saturated heterocycles. The summed E-state index contributed by atoms with van der Waals surface area (Å²) < 4.78 is 15.1. The smallest absolute Gasteiger partial charge is 0.227 e. The molecule has 2 heterocycles. The summed E-state index contributed by atoms with van der Waals surface area (Å²) in [4.78, 5) is 17.5. The van der Waals surface area contributed by atoms with Gasteiger partial charge < -0.3 is 5.32 Å². The number of benzene rings is 2. The number of allylic oxidation sites excluding steroid dienone is 2. The minimum atomic E-state index is -0.360. The van der Waals surface area contributed by atoms with Gasteiger partial charge in [0.2, 0.25) is 11.1 Å². The number of thioether (sulfide) groups is 1. The predicted molar refractivity (Wildman–Crippen MR) is 120 cm³/mol. The molecule has 8 heteroatoms. The number of nitrogens with one attached hydrogen (secondary N) is 1. The van der Waals surface area contributed by atoms with E-state index in [1.807, 2.05) is 31.2 Å². The van der Waals surface area contributed by atoms with Crippen LogP contribution >= 0.6 is 23.4 Å². The molecule has 0 bridgehead atoms. The molecule has 3 aromatic rings. The fourth-order valence-electron chi connectivity index (χ4n) is 4.04. The van der Waals surface area contributed by atoms with Crippen LogP contribution in [0.3, 0.4) is 0 Å². The number of rotatable bonds is 4. The van der Waals surface area contributed by atoms with E-state index in [-0.39, 0.29) is 17.6 Å². The molecule has 0 spiro atoms.